The summed E-state index contributed by atoms with van der Waals surface area (Å²) < 4.78 is 26.8. The van der Waals surface area contributed by atoms with Crippen LogP contribution in [-0.4, -0.2) is 13.1 Å². The number of piperidine rings is 1. The van der Waals surface area contributed by atoms with Crippen LogP contribution in [0.15, 0.2) is 42.5 Å². The van der Waals surface area contributed by atoms with Crippen LogP contribution in [-0.2, 0) is 6.54 Å². The molecule has 24 heavy (non-hydrogen) atoms. The Morgan fingerprint density at radius 2 is 1.71 bits per heavy atom. The third kappa shape index (κ3) is 4.12. The van der Waals surface area contributed by atoms with E-state index in [-0.39, 0.29) is 6.04 Å². The van der Waals surface area contributed by atoms with Crippen molar-refractivity contribution in [2.45, 2.75) is 38.8 Å². The van der Waals surface area contributed by atoms with Gasteiger partial charge in [0, 0.05) is 43.0 Å². The standard InChI is InChI=1S/C20H24F2N2/c1-15(19-10-7-17(21)13-20(19)22)23-14-16-5-8-18(9-6-16)24-11-3-2-4-12-24/h5-10,13,15,23H,2-4,11-12,14H2,1H3. The van der Waals surface area contributed by atoms with Gasteiger partial charge >= 0.3 is 0 Å². The van der Waals surface area contributed by atoms with E-state index in [1.165, 1.54) is 37.1 Å². The summed E-state index contributed by atoms with van der Waals surface area (Å²) in [5.41, 5.74) is 2.92. The molecular formula is C20H24F2N2. The second kappa shape index (κ2) is 7.75. The summed E-state index contributed by atoms with van der Waals surface area (Å²) in [6, 6.07) is 12.1. The smallest absolute Gasteiger partial charge is 0.130 e. The first-order valence-electron chi connectivity index (χ1n) is 8.66. The lowest BCUT2D eigenvalue weighted by atomic mass is 10.1. The van der Waals surface area contributed by atoms with Crippen LogP contribution in [0, 0.1) is 11.6 Å². The Balaban J connectivity index is 1.58. The Morgan fingerprint density at radius 3 is 2.38 bits per heavy atom. The summed E-state index contributed by atoms with van der Waals surface area (Å²) in [5.74, 6) is -1.05. The number of nitrogens with one attached hydrogen (secondary N) is 1. The summed E-state index contributed by atoms with van der Waals surface area (Å²) in [5, 5.41) is 3.30. The van der Waals surface area contributed by atoms with Crippen molar-refractivity contribution in [3.8, 4) is 0 Å². The van der Waals surface area contributed by atoms with Gasteiger partial charge in [-0.2, -0.15) is 0 Å². The highest BCUT2D eigenvalue weighted by molar-refractivity contribution is 5.47. The lowest BCUT2D eigenvalue weighted by Crippen LogP contribution is -2.29. The van der Waals surface area contributed by atoms with Crippen LogP contribution in [0.5, 0.6) is 0 Å². The van der Waals surface area contributed by atoms with Gasteiger partial charge in [-0.15, -0.1) is 0 Å². The fourth-order valence-electron chi connectivity index (χ4n) is 3.21. The number of rotatable bonds is 5. The minimum absolute atomic E-state index is 0.174. The van der Waals surface area contributed by atoms with Gasteiger partial charge in [-0.1, -0.05) is 18.2 Å². The molecule has 1 heterocycles. The van der Waals surface area contributed by atoms with Crippen molar-refractivity contribution in [1.29, 1.82) is 0 Å². The molecule has 0 aromatic heterocycles. The average Bonchev–Trinajstić information content (AvgIpc) is 2.61. The van der Waals surface area contributed by atoms with E-state index in [1.54, 1.807) is 0 Å². The highest BCUT2D eigenvalue weighted by Gasteiger charge is 2.12. The molecule has 1 atom stereocenters. The average molecular weight is 330 g/mol. The van der Waals surface area contributed by atoms with Crippen LogP contribution >= 0.6 is 0 Å². The minimum atomic E-state index is -0.545. The molecule has 4 heteroatoms. The topological polar surface area (TPSA) is 15.3 Å². The maximum absolute atomic E-state index is 13.8. The fraction of sp³-hybridized carbons (Fsp3) is 0.400. The van der Waals surface area contributed by atoms with Crippen molar-refractivity contribution >= 4 is 5.69 Å². The molecule has 2 aromatic rings. The fourth-order valence-corrected chi connectivity index (χ4v) is 3.21. The van der Waals surface area contributed by atoms with Gasteiger partial charge in [-0.05, 0) is 49.9 Å². The highest BCUT2D eigenvalue weighted by atomic mass is 19.1. The van der Waals surface area contributed by atoms with E-state index >= 15 is 0 Å². The van der Waals surface area contributed by atoms with E-state index in [0.29, 0.717) is 12.1 Å². The molecule has 3 rings (SSSR count). The zero-order chi connectivity index (χ0) is 16.9. The van der Waals surface area contributed by atoms with Crippen molar-refractivity contribution in [3.63, 3.8) is 0 Å². The van der Waals surface area contributed by atoms with Crippen LogP contribution in [0.3, 0.4) is 0 Å². The molecule has 0 amide bonds. The molecule has 0 saturated carbocycles. The molecule has 1 aliphatic heterocycles. The molecule has 128 valence electrons. The molecule has 0 radical (unpaired) electrons. The molecule has 1 fully saturated rings. The summed E-state index contributed by atoms with van der Waals surface area (Å²) in [7, 11) is 0. The molecular weight excluding hydrogens is 306 g/mol. The summed E-state index contributed by atoms with van der Waals surface area (Å²) in [4.78, 5) is 2.43. The minimum Gasteiger partial charge on any atom is -0.372 e. The van der Waals surface area contributed by atoms with E-state index in [2.05, 4.69) is 34.5 Å². The molecule has 1 unspecified atom stereocenters. The predicted octanol–water partition coefficient (Wildman–Crippen LogP) is 4.81. The van der Waals surface area contributed by atoms with Gasteiger partial charge in [-0.25, -0.2) is 8.78 Å². The van der Waals surface area contributed by atoms with E-state index in [0.717, 1.165) is 24.7 Å². The van der Waals surface area contributed by atoms with Crippen molar-refractivity contribution in [2.24, 2.45) is 0 Å². The van der Waals surface area contributed by atoms with Gasteiger partial charge in [0.25, 0.3) is 0 Å². The summed E-state index contributed by atoms with van der Waals surface area (Å²) in [6.07, 6.45) is 3.87. The third-order valence-corrected chi connectivity index (χ3v) is 4.70. The van der Waals surface area contributed by atoms with Crippen LogP contribution in [0.2, 0.25) is 0 Å². The Bertz CT molecular complexity index is 664. The van der Waals surface area contributed by atoms with Gasteiger partial charge in [0.1, 0.15) is 11.6 Å². The monoisotopic (exact) mass is 330 g/mol. The van der Waals surface area contributed by atoms with E-state index in [9.17, 15) is 8.78 Å². The predicted molar refractivity (Wildman–Crippen MR) is 94.1 cm³/mol. The first kappa shape index (κ1) is 16.9. The van der Waals surface area contributed by atoms with Gasteiger partial charge < -0.3 is 10.2 Å². The Hall–Kier alpha value is -1.94. The Morgan fingerprint density at radius 1 is 1.00 bits per heavy atom. The number of anilines is 1. The first-order chi connectivity index (χ1) is 11.6. The van der Waals surface area contributed by atoms with Gasteiger partial charge in [-0.3, -0.25) is 0 Å². The molecule has 2 nitrogen and oxygen atoms in total. The van der Waals surface area contributed by atoms with E-state index < -0.39 is 11.6 Å². The lowest BCUT2D eigenvalue weighted by molar-refractivity contribution is 0.517. The first-order valence-corrected chi connectivity index (χ1v) is 8.66. The molecule has 0 spiro atoms. The molecule has 1 aliphatic rings. The molecule has 2 aromatic carbocycles. The highest BCUT2D eigenvalue weighted by Crippen LogP contribution is 2.21. The molecule has 1 N–H and O–H groups in total. The second-order valence-corrected chi connectivity index (χ2v) is 6.48. The van der Waals surface area contributed by atoms with Gasteiger partial charge in [0.2, 0.25) is 0 Å². The summed E-state index contributed by atoms with van der Waals surface area (Å²) in [6.45, 7) is 4.81. The van der Waals surface area contributed by atoms with Crippen molar-refractivity contribution in [1.82, 2.24) is 5.32 Å². The maximum atomic E-state index is 13.8. The van der Waals surface area contributed by atoms with E-state index in [1.807, 2.05) is 6.92 Å². The van der Waals surface area contributed by atoms with Gasteiger partial charge in [0.15, 0.2) is 0 Å². The van der Waals surface area contributed by atoms with Crippen LogP contribution in [0.1, 0.15) is 43.4 Å². The van der Waals surface area contributed by atoms with Gasteiger partial charge in [0.05, 0.1) is 0 Å². The van der Waals surface area contributed by atoms with E-state index in [4.69, 9.17) is 0 Å². The number of nitrogens with zero attached hydrogens (tertiary/aromatic N) is 1. The zero-order valence-electron chi connectivity index (χ0n) is 14.1. The largest absolute Gasteiger partial charge is 0.372 e. The molecule has 0 aliphatic carbocycles. The lowest BCUT2D eigenvalue weighted by Gasteiger charge is -2.29. The Labute approximate surface area is 142 Å². The van der Waals surface area contributed by atoms with Crippen LogP contribution in [0.25, 0.3) is 0 Å². The van der Waals surface area contributed by atoms with Crippen molar-refractivity contribution in [3.05, 3.63) is 65.2 Å². The number of halogens is 2. The van der Waals surface area contributed by atoms with Crippen LogP contribution in [0.4, 0.5) is 14.5 Å². The number of hydrogen-bond donors (Lipinski definition) is 1. The quantitative estimate of drug-likeness (QED) is 0.846. The second-order valence-electron chi connectivity index (χ2n) is 6.48. The Kier molecular flexibility index (Phi) is 5.46. The van der Waals surface area contributed by atoms with Crippen molar-refractivity contribution < 1.29 is 8.78 Å². The number of benzene rings is 2. The molecule has 1 saturated heterocycles. The number of hydrogen-bond acceptors (Lipinski definition) is 2. The maximum Gasteiger partial charge on any atom is 0.130 e. The third-order valence-electron chi connectivity index (χ3n) is 4.70. The normalized spacial score (nSPS) is 16.2. The van der Waals surface area contributed by atoms with Crippen LogP contribution < -0.4 is 10.2 Å². The van der Waals surface area contributed by atoms with Crippen molar-refractivity contribution in [2.75, 3.05) is 18.0 Å². The zero-order valence-corrected chi connectivity index (χ0v) is 14.1. The molecule has 0 bridgehead atoms. The SMILES string of the molecule is CC(NCc1ccc(N2CCCCC2)cc1)c1ccc(F)cc1F. The summed E-state index contributed by atoms with van der Waals surface area (Å²) >= 11 is 0.